The van der Waals surface area contributed by atoms with E-state index in [1.54, 1.807) is 6.07 Å². The third kappa shape index (κ3) is 3.62. The van der Waals surface area contributed by atoms with Crippen LogP contribution in [0.2, 0.25) is 0 Å². The lowest BCUT2D eigenvalue weighted by Crippen LogP contribution is -2.25. The SMILES string of the molecule is Cc1ccc(N=C2NN=C(c3cccc([N+](=O)[O-])c3)CS2)c(C)c1. The summed E-state index contributed by atoms with van der Waals surface area (Å²) in [5.41, 5.74) is 7.73. The lowest BCUT2D eigenvalue weighted by atomic mass is 10.1. The summed E-state index contributed by atoms with van der Waals surface area (Å²) in [7, 11) is 0. The van der Waals surface area contributed by atoms with Crippen LogP contribution in [0, 0.1) is 24.0 Å². The van der Waals surface area contributed by atoms with Crippen molar-refractivity contribution in [1.29, 1.82) is 0 Å². The molecule has 0 unspecified atom stereocenters. The van der Waals surface area contributed by atoms with Crippen LogP contribution in [0.4, 0.5) is 11.4 Å². The number of non-ortho nitro benzene ring substituents is 1. The Hall–Kier alpha value is -2.67. The first-order valence-corrected chi connectivity index (χ1v) is 8.37. The van der Waals surface area contributed by atoms with Crippen molar-refractivity contribution in [2.45, 2.75) is 13.8 Å². The second kappa shape index (κ2) is 6.84. The standard InChI is InChI=1S/C17H16N4O2S/c1-11-6-7-15(12(2)8-11)18-17-20-19-16(10-24-17)13-4-3-5-14(9-13)21(22)23/h3-9H,10H2,1-2H3,(H,18,20). The molecule has 1 aliphatic rings. The highest BCUT2D eigenvalue weighted by molar-refractivity contribution is 8.14. The van der Waals surface area contributed by atoms with Gasteiger partial charge < -0.3 is 0 Å². The second-order valence-electron chi connectivity index (χ2n) is 5.47. The molecule has 0 radical (unpaired) electrons. The minimum absolute atomic E-state index is 0.0648. The van der Waals surface area contributed by atoms with Crippen LogP contribution in [0.1, 0.15) is 16.7 Å². The summed E-state index contributed by atoms with van der Waals surface area (Å²) < 4.78 is 0. The van der Waals surface area contributed by atoms with Crippen LogP contribution in [0.5, 0.6) is 0 Å². The molecule has 2 aromatic rings. The summed E-state index contributed by atoms with van der Waals surface area (Å²) >= 11 is 1.53. The van der Waals surface area contributed by atoms with Gasteiger partial charge in [0.05, 0.1) is 16.3 Å². The fourth-order valence-corrected chi connectivity index (χ4v) is 3.14. The molecule has 122 valence electrons. The molecular formula is C17H16N4O2S. The molecule has 1 aliphatic heterocycles. The quantitative estimate of drug-likeness (QED) is 0.678. The second-order valence-corrected chi connectivity index (χ2v) is 6.44. The number of amidine groups is 1. The largest absolute Gasteiger partial charge is 0.270 e. The number of nitro groups is 1. The summed E-state index contributed by atoms with van der Waals surface area (Å²) in [4.78, 5) is 15.1. The number of hydrazone groups is 1. The van der Waals surface area contributed by atoms with Gasteiger partial charge in [-0.2, -0.15) is 5.10 Å². The molecule has 1 N–H and O–H groups in total. The Kier molecular flexibility index (Phi) is 4.61. The number of nitro benzene ring substituents is 1. The Morgan fingerprint density at radius 1 is 1.25 bits per heavy atom. The number of rotatable bonds is 3. The van der Waals surface area contributed by atoms with Gasteiger partial charge >= 0.3 is 0 Å². The third-order valence-electron chi connectivity index (χ3n) is 3.60. The lowest BCUT2D eigenvalue weighted by molar-refractivity contribution is -0.384. The number of aryl methyl sites for hydroxylation is 2. The summed E-state index contributed by atoms with van der Waals surface area (Å²) in [5.74, 6) is 0.609. The first-order valence-electron chi connectivity index (χ1n) is 7.39. The van der Waals surface area contributed by atoms with Crippen molar-refractivity contribution in [3.05, 3.63) is 69.3 Å². The number of nitrogens with one attached hydrogen (secondary N) is 1. The highest BCUT2D eigenvalue weighted by Gasteiger charge is 2.15. The van der Waals surface area contributed by atoms with Crippen molar-refractivity contribution >= 4 is 34.0 Å². The summed E-state index contributed by atoms with van der Waals surface area (Å²) in [6.07, 6.45) is 0. The highest BCUT2D eigenvalue weighted by Crippen LogP contribution is 2.23. The van der Waals surface area contributed by atoms with Crippen molar-refractivity contribution in [1.82, 2.24) is 5.43 Å². The van der Waals surface area contributed by atoms with E-state index in [2.05, 4.69) is 21.6 Å². The zero-order valence-corrected chi connectivity index (χ0v) is 14.1. The van der Waals surface area contributed by atoms with E-state index >= 15 is 0 Å². The van der Waals surface area contributed by atoms with E-state index in [4.69, 9.17) is 0 Å². The maximum absolute atomic E-state index is 10.9. The molecule has 0 saturated heterocycles. The van der Waals surface area contributed by atoms with Gasteiger partial charge in [0.15, 0.2) is 5.17 Å². The fraction of sp³-hybridized carbons (Fsp3) is 0.176. The van der Waals surface area contributed by atoms with Gasteiger partial charge in [0.1, 0.15) is 0 Å². The van der Waals surface area contributed by atoms with E-state index in [-0.39, 0.29) is 5.69 Å². The van der Waals surface area contributed by atoms with Crippen LogP contribution in [0.3, 0.4) is 0 Å². The Morgan fingerprint density at radius 3 is 2.75 bits per heavy atom. The Labute approximate surface area is 143 Å². The summed E-state index contributed by atoms with van der Waals surface area (Å²) in [6.45, 7) is 4.07. The lowest BCUT2D eigenvalue weighted by Gasteiger charge is -2.15. The average Bonchev–Trinajstić information content (AvgIpc) is 2.58. The van der Waals surface area contributed by atoms with Crippen molar-refractivity contribution in [3.8, 4) is 0 Å². The number of hydrogen-bond acceptors (Lipinski definition) is 5. The normalized spacial score (nSPS) is 15.8. The number of hydrogen-bond donors (Lipinski definition) is 1. The van der Waals surface area contributed by atoms with Gasteiger partial charge in [-0.3, -0.25) is 15.5 Å². The molecular weight excluding hydrogens is 324 g/mol. The van der Waals surface area contributed by atoms with Crippen LogP contribution in [0.15, 0.2) is 52.6 Å². The maximum atomic E-state index is 10.9. The predicted octanol–water partition coefficient (Wildman–Crippen LogP) is 3.94. The smallest absolute Gasteiger partial charge is 0.258 e. The van der Waals surface area contributed by atoms with E-state index in [1.807, 2.05) is 32.0 Å². The van der Waals surface area contributed by atoms with E-state index in [9.17, 15) is 10.1 Å². The van der Waals surface area contributed by atoms with E-state index in [0.29, 0.717) is 5.75 Å². The van der Waals surface area contributed by atoms with Crippen LogP contribution >= 0.6 is 11.8 Å². The third-order valence-corrected chi connectivity index (χ3v) is 4.47. The zero-order chi connectivity index (χ0) is 17.1. The van der Waals surface area contributed by atoms with Crippen LogP contribution < -0.4 is 5.43 Å². The topological polar surface area (TPSA) is 79.9 Å². The minimum atomic E-state index is -0.402. The van der Waals surface area contributed by atoms with E-state index in [0.717, 1.165) is 27.7 Å². The van der Waals surface area contributed by atoms with Gasteiger partial charge in [-0.25, -0.2) is 4.99 Å². The molecule has 7 heteroatoms. The molecule has 24 heavy (non-hydrogen) atoms. The van der Waals surface area contributed by atoms with E-state index in [1.165, 1.54) is 29.5 Å². The van der Waals surface area contributed by atoms with Gasteiger partial charge in [-0.15, -0.1) is 0 Å². The fourth-order valence-electron chi connectivity index (χ4n) is 2.36. The molecule has 3 rings (SSSR count). The molecule has 0 fully saturated rings. The Balaban J connectivity index is 1.80. The van der Waals surface area contributed by atoms with Crippen molar-refractivity contribution in [2.24, 2.45) is 10.1 Å². The highest BCUT2D eigenvalue weighted by atomic mass is 32.2. The molecule has 0 atom stereocenters. The molecule has 0 bridgehead atoms. The van der Waals surface area contributed by atoms with Crippen molar-refractivity contribution in [3.63, 3.8) is 0 Å². The maximum Gasteiger partial charge on any atom is 0.270 e. The molecule has 0 spiro atoms. The van der Waals surface area contributed by atoms with Gasteiger partial charge in [-0.05, 0) is 25.5 Å². The van der Waals surface area contributed by atoms with Crippen LogP contribution in [0.25, 0.3) is 0 Å². The molecule has 0 saturated carbocycles. The molecule has 1 heterocycles. The predicted molar refractivity (Wildman–Crippen MR) is 98.2 cm³/mol. The first-order chi connectivity index (χ1) is 11.5. The first kappa shape index (κ1) is 16.2. The van der Waals surface area contributed by atoms with Gasteiger partial charge in [0.2, 0.25) is 0 Å². The Bertz CT molecular complexity index is 861. The van der Waals surface area contributed by atoms with Crippen molar-refractivity contribution in [2.75, 3.05) is 5.75 Å². The number of nitrogens with zero attached hydrogens (tertiary/aromatic N) is 3. The average molecular weight is 340 g/mol. The molecule has 0 aromatic heterocycles. The van der Waals surface area contributed by atoms with Crippen LogP contribution in [-0.4, -0.2) is 21.6 Å². The zero-order valence-electron chi connectivity index (χ0n) is 13.3. The van der Waals surface area contributed by atoms with E-state index < -0.39 is 4.92 Å². The monoisotopic (exact) mass is 340 g/mol. The molecule has 0 aliphatic carbocycles. The summed E-state index contributed by atoms with van der Waals surface area (Å²) in [6, 6.07) is 12.6. The number of thioether (sulfide) groups is 1. The summed E-state index contributed by atoms with van der Waals surface area (Å²) in [5, 5.41) is 15.9. The number of aliphatic imine (C=N–C) groups is 1. The molecule has 6 nitrogen and oxygen atoms in total. The molecule has 2 aromatic carbocycles. The van der Waals surface area contributed by atoms with Crippen molar-refractivity contribution < 1.29 is 4.92 Å². The van der Waals surface area contributed by atoms with Gasteiger partial charge in [-0.1, -0.05) is 41.6 Å². The molecule has 0 amide bonds. The Morgan fingerprint density at radius 2 is 2.08 bits per heavy atom. The van der Waals surface area contributed by atoms with Crippen LogP contribution in [-0.2, 0) is 0 Å². The minimum Gasteiger partial charge on any atom is -0.258 e. The van der Waals surface area contributed by atoms with Gasteiger partial charge in [0.25, 0.3) is 5.69 Å². The number of benzene rings is 2. The van der Waals surface area contributed by atoms with Gasteiger partial charge in [0, 0.05) is 23.4 Å².